The van der Waals surface area contributed by atoms with Crippen LogP contribution in [0.25, 0.3) is 23.2 Å². The Morgan fingerprint density at radius 1 is 1.10 bits per heavy atom. The fraction of sp³-hybridized carbons (Fsp3) is 0.0769. The van der Waals surface area contributed by atoms with Crippen LogP contribution in [0.2, 0.25) is 5.02 Å². The van der Waals surface area contributed by atoms with Crippen molar-refractivity contribution in [1.82, 2.24) is 46.1 Å². The highest BCUT2D eigenvalue weighted by molar-refractivity contribution is 6.30. The Labute approximate surface area is 231 Å². The first-order valence-corrected chi connectivity index (χ1v) is 12.2. The Bertz CT molecular complexity index is 1640. The van der Waals surface area contributed by atoms with Gasteiger partial charge in [0.1, 0.15) is 18.2 Å². The van der Waals surface area contributed by atoms with E-state index in [-0.39, 0.29) is 12.0 Å². The maximum absolute atomic E-state index is 14.4. The second kappa shape index (κ2) is 12.0. The maximum atomic E-state index is 14.4. The quantitative estimate of drug-likeness (QED) is 0.233. The van der Waals surface area contributed by atoms with Gasteiger partial charge in [-0.05, 0) is 75.8 Å². The van der Waals surface area contributed by atoms with Gasteiger partial charge in [-0.15, -0.1) is 15.3 Å². The van der Waals surface area contributed by atoms with Crippen LogP contribution in [0.15, 0.2) is 79.1 Å². The predicted octanol–water partition coefficient (Wildman–Crippen LogP) is 3.01. The number of hydrogen-bond donors (Lipinski definition) is 3. The third-order valence-electron chi connectivity index (χ3n) is 5.77. The van der Waals surface area contributed by atoms with E-state index in [0.717, 1.165) is 0 Å². The number of H-pyrrole nitrogens is 1. The molecule has 0 fully saturated rings. The molecular formula is C26H20ClFN10O2. The summed E-state index contributed by atoms with van der Waals surface area (Å²) in [5, 5.41) is 30.7. The smallest absolute Gasteiger partial charge is 0.247 e. The van der Waals surface area contributed by atoms with Gasteiger partial charge in [-0.3, -0.25) is 9.59 Å². The van der Waals surface area contributed by atoms with Crippen molar-refractivity contribution >= 4 is 35.2 Å². The van der Waals surface area contributed by atoms with Crippen molar-refractivity contribution in [3.05, 3.63) is 101 Å². The fourth-order valence-corrected chi connectivity index (χ4v) is 4.01. The van der Waals surface area contributed by atoms with E-state index in [1.54, 1.807) is 60.7 Å². The molecule has 2 amide bonds. The third-order valence-corrected chi connectivity index (χ3v) is 6.01. The Hall–Kier alpha value is -5.30. The zero-order chi connectivity index (χ0) is 27.9. The maximum Gasteiger partial charge on any atom is 0.247 e. The molecule has 5 aromatic rings. The molecule has 14 heteroatoms. The Balaban J connectivity index is 1.34. The van der Waals surface area contributed by atoms with Crippen LogP contribution in [0.3, 0.4) is 0 Å². The van der Waals surface area contributed by atoms with Crippen LogP contribution in [0.4, 0.5) is 10.1 Å². The fourth-order valence-electron chi connectivity index (χ4n) is 3.83. The van der Waals surface area contributed by atoms with Crippen LogP contribution in [-0.2, 0) is 16.0 Å². The number of carbonyl (C=O) groups excluding carboxylic acids is 2. The second-order valence-electron chi connectivity index (χ2n) is 8.45. The lowest BCUT2D eigenvalue weighted by Gasteiger charge is -2.18. The molecule has 0 aliphatic heterocycles. The summed E-state index contributed by atoms with van der Waals surface area (Å²) in [7, 11) is 0. The normalized spacial score (nSPS) is 11.8. The number of aromatic amines is 1. The molecule has 3 aromatic carbocycles. The molecule has 0 saturated carbocycles. The molecule has 5 rings (SSSR count). The Morgan fingerprint density at radius 3 is 2.65 bits per heavy atom. The van der Waals surface area contributed by atoms with Crippen LogP contribution in [0.1, 0.15) is 11.1 Å². The van der Waals surface area contributed by atoms with Crippen LogP contribution in [-0.4, -0.2) is 58.7 Å². The molecule has 0 aliphatic rings. The molecule has 40 heavy (non-hydrogen) atoms. The van der Waals surface area contributed by atoms with Gasteiger partial charge in [-0.1, -0.05) is 29.8 Å². The van der Waals surface area contributed by atoms with E-state index >= 15 is 0 Å². The van der Waals surface area contributed by atoms with E-state index in [4.69, 9.17) is 11.6 Å². The van der Waals surface area contributed by atoms with E-state index in [1.807, 2.05) is 0 Å². The number of carbonyl (C=O) groups is 2. The van der Waals surface area contributed by atoms with E-state index in [9.17, 15) is 14.0 Å². The van der Waals surface area contributed by atoms with Crippen molar-refractivity contribution in [3.63, 3.8) is 0 Å². The van der Waals surface area contributed by atoms with Gasteiger partial charge in [0.2, 0.25) is 17.6 Å². The van der Waals surface area contributed by atoms with Gasteiger partial charge in [0, 0.05) is 34.3 Å². The van der Waals surface area contributed by atoms with Crippen molar-refractivity contribution in [3.8, 4) is 17.1 Å². The molecule has 1 atom stereocenters. The molecule has 0 spiro atoms. The summed E-state index contributed by atoms with van der Waals surface area (Å²) in [4.78, 5) is 26.2. The number of nitrogens with zero attached hydrogens (tertiary/aromatic N) is 7. The summed E-state index contributed by atoms with van der Waals surface area (Å²) in [6.07, 6.45) is 4.10. The summed E-state index contributed by atoms with van der Waals surface area (Å²) < 4.78 is 15.9. The average molecular weight is 559 g/mol. The van der Waals surface area contributed by atoms with Gasteiger partial charge in [-0.2, -0.15) is 9.90 Å². The summed E-state index contributed by atoms with van der Waals surface area (Å²) in [6.45, 7) is 0. The zero-order valence-electron chi connectivity index (χ0n) is 20.6. The molecule has 200 valence electrons. The highest BCUT2D eigenvalue weighted by Gasteiger charge is 2.22. The van der Waals surface area contributed by atoms with Crippen LogP contribution in [0.5, 0.6) is 0 Å². The number of anilines is 1. The first kappa shape index (κ1) is 26.3. The predicted molar refractivity (Wildman–Crippen MR) is 143 cm³/mol. The number of hydrogen-bond acceptors (Lipinski definition) is 8. The Kier molecular flexibility index (Phi) is 7.92. The Morgan fingerprint density at radius 2 is 1.93 bits per heavy atom. The molecule has 12 nitrogen and oxygen atoms in total. The number of benzene rings is 3. The third kappa shape index (κ3) is 6.39. The number of aromatic nitrogens is 8. The zero-order valence-corrected chi connectivity index (χ0v) is 21.3. The molecule has 0 unspecified atom stereocenters. The lowest BCUT2D eigenvalue weighted by atomic mass is 10.0. The first-order valence-electron chi connectivity index (χ1n) is 11.9. The number of nitrogens with one attached hydrogen (secondary N) is 3. The van der Waals surface area contributed by atoms with E-state index in [0.29, 0.717) is 33.3 Å². The molecule has 3 N–H and O–H groups in total. The van der Waals surface area contributed by atoms with Crippen molar-refractivity contribution in [2.45, 2.75) is 12.5 Å². The van der Waals surface area contributed by atoms with Crippen LogP contribution >= 0.6 is 11.6 Å². The van der Waals surface area contributed by atoms with Crippen molar-refractivity contribution in [2.24, 2.45) is 0 Å². The van der Waals surface area contributed by atoms with Gasteiger partial charge in [0.15, 0.2) is 0 Å². The van der Waals surface area contributed by atoms with Crippen molar-refractivity contribution in [1.29, 1.82) is 0 Å². The van der Waals surface area contributed by atoms with Gasteiger partial charge in [0.05, 0.1) is 5.69 Å². The highest BCUT2D eigenvalue weighted by Crippen LogP contribution is 2.21. The lowest BCUT2D eigenvalue weighted by Crippen LogP contribution is -2.44. The summed E-state index contributed by atoms with van der Waals surface area (Å²) >= 11 is 6.14. The molecule has 2 aromatic heterocycles. The van der Waals surface area contributed by atoms with E-state index < -0.39 is 23.7 Å². The minimum absolute atomic E-state index is 0.0773. The topological polar surface area (TPSA) is 156 Å². The number of tetrazole rings is 2. The highest BCUT2D eigenvalue weighted by atomic mass is 35.5. The van der Waals surface area contributed by atoms with Gasteiger partial charge in [-0.25, -0.2) is 4.39 Å². The minimum Gasteiger partial charge on any atom is -0.340 e. The largest absolute Gasteiger partial charge is 0.340 e. The second-order valence-corrected chi connectivity index (χ2v) is 8.89. The van der Waals surface area contributed by atoms with Crippen molar-refractivity contribution < 1.29 is 14.0 Å². The van der Waals surface area contributed by atoms with Crippen LogP contribution in [0, 0.1) is 5.82 Å². The van der Waals surface area contributed by atoms with Gasteiger partial charge >= 0.3 is 0 Å². The molecule has 0 saturated heterocycles. The van der Waals surface area contributed by atoms with Gasteiger partial charge in [0.25, 0.3) is 0 Å². The molecule has 2 heterocycles. The van der Waals surface area contributed by atoms with Crippen molar-refractivity contribution in [2.75, 3.05) is 5.32 Å². The SMILES string of the molecule is O=C(C=Cc1cc(Cl)ccc1-n1cnnn1)N[C@@H](Cc1ccccc1F)C(=O)Nc1ccc(-c2nn[nH]n2)cc1. The molecule has 0 bridgehead atoms. The standard InChI is InChI=1S/C26H20ClFN10O2/c27-19-8-11-23(38-15-29-34-37-38)18(13-19)7-12-24(39)31-22(14-17-3-1-2-4-21(17)28)26(40)30-20-9-5-16(6-10-20)25-32-35-36-33-25/h1-13,15,22H,14H2,(H,30,40)(H,31,39)(H,32,33,35,36)/t22-/m0/s1. The molecule has 0 aliphatic carbocycles. The summed E-state index contributed by atoms with van der Waals surface area (Å²) in [5.74, 6) is -1.20. The number of halogens is 2. The van der Waals surface area contributed by atoms with Gasteiger partial charge < -0.3 is 10.6 Å². The molecular weight excluding hydrogens is 539 g/mol. The van der Waals surface area contributed by atoms with Crippen LogP contribution < -0.4 is 10.6 Å². The average Bonchev–Trinajstić information content (AvgIpc) is 3.68. The van der Waals surface area contributed by atoms with E-state index in [2.05, 4.69) is 46.8 Å². The first-order chi connectivity index (χ1) is 19.5. The van der Waals surface area contributed by atoms with E-state index in [1.165, 1.54) is 29.2 Å². The lowest BCUT2D eigenvalue weighted by molar-refractivity contribution is -0.123. The minimum atomic E-state index is -1.09. The number of rotatable bonds is 9. The monoisotopic (exact) mass is 558 g/mol. The number of amides is 2. The molecule has 0 radical (unpaired) electrons. The summed E-state index contributed by atoms with van der Waals surface area (Å²) in [5.41, 5.74) is 2.58. The summed E-state index contributed by atoms with van der Waals surface area (Å²) in [6, 6.07) is 16.7.